The molecule has 1 rings (SSSR count). The van der Waals surface area contributed by atoms with Crippen molar-refractivity contribution < 1.29 is 15.0 Å². The quantitative estimate of drug-likeness (QED) is 0.726. The number of carboxylic acids is 1. The van der Waals surface area contributed by atoms with E-state index in [1.807, 2.05) is 24.3 Å². The van der Waals surface area contributed by atoms with Gasteiger partial charge < -0.3 is 10.2 Å². The molecule has 0 aliphatic carbocycles. The first-order chi connectivity index (χ1) is 7.22. The first-order valence-corrected chi connectivity index (χ1v) is 5.75. The van der Waals surface area contributed by atoms with Crippen LogP contribution in [0.4, 0.5) is 0 Å². The van der Waals surface area contributed by atoms with Crippen LogP contribution in [0.15, 0.2) is 29.2 Å². The van der Waals surface area contributed by atoms with Crippen molar-refractivity contribution in [1.29, 1.82) is 0 Å². The minimum absolute atomic E-state index is 0.170. The van der Waals surface area contributed by atoms with Gasteiger partial charge in [0.2, 0.25) is 0 Å². The summed E-state index contributed by atoms with van der Waals surface area (Å²) in [5.74, 6) is -0.0807. The highest BCUT2D eigenvalue weighted by Crippen LogP contribution is 2.18. The molecule has 0 aromatic heterocycles. The fraction of sp³-hybridized carbons (Fsp3) is 0.364. The molecule has 0 aliphatic heterocycles. The van der Waals surface area contributed by atoms with Crippen LogP contribution in [0.3, 0.4) is 0 Å². The molecule has 2 N–H and O–H groups in total. The van der Waals surface area contributed by atoms with Gasteiger partial charge in [0.1, 0.15) is 0 Å². The number of rotatable bonds is 6. The number of benzene rings is 1. The highest BCUT2D eigenvalue weighted by Gasteiger charge is 1.99. The molecule has 0 unspecified atom stereocenters. The van der Waals surface area contributed by atoms with Gasteiger partial charge in [-0.05, 0) is 24.1 Å². The van der Waals surface area contributed by atoms with Crippen LogP contribution in [-0.4, -0.2) is 28.5 Å². The van der Waals surface area contributed by atoms with Gasteiger partial charge in [-0.1, -0.05) is 12.1 Å². The van der Waals surface area contributed by atoms with Crippen molar-refractivity contribution in [1.82, 2.24) is 0 Å². The molecule has 0 radical (unpaired) electrons. The fourth-order valence-electron chi connectivity index (χ4n) is 1.17. The highest BCUT2D eigenvalue weighted by atomic mass is 32.2. The van der Waals surface area contributed by atoms with Crippen molar-refractivity contribution in [2.75, 3.05) is 12.4 Å². The second kappa shape index (κ2) is 6.48. The average molecular weight is 226 g/mol. The zero-order chi connectivity index (χ0) is 11.1. The van der Waals surface area contributed by atoms with E-state index in [1.54, 1.807) is 11.8 Å². The number of thioether (sulfide) groups is 1. The minimum atomic E-state index is -0.770. The Morgan fingerprint density at radius 3 is 2.47 bits per heavy atom. The summed E-state index contributed by atoms with van der Waals surface area (Å²) in [7, 11) is 0. The largest absolute Gasteiger partial charge is 0.481 e. The summed E-state index contributed by atoms with van der Waals surface area (Å²) in [4.78, 5) is 11.4. The lowest BCUT2D eigenvalue weighted by Gasteiger charge is -2.01. The lowest BCUT2D eigenvalue weighted by Crippen LogP contribution is -1.97. The molecule has 1 aromatic carbocycles. The Morgan fingerprint density at radius 2 is 1.93 bits per heavy atom. The van der Waals surface area contributed by atoms with Gasteiger partial charge in [-0.2, -0.15) is 0 Å². The number of carbonyl (C=O) groups is 1. The van der Waals surface area contributed by atoms with Gasteiger partial charge in [0.15, 0.2) is 0 Å². The Hall–Kier alpha value is -1.00. The van der Waals surface area contributed by atoms with Crippen LogP contribution in [0.2, 0.25) is 0 Å². The third kappa shape index (κ3) is 4.85. The van der Waals surface area contributed by atoms with Gasteiger partial charge in [0.25, 0.3) is 0 Å². The third-order valence-electron chi connectivity index (χ3n) is 1.91. The Balaban J connectivity index is 2.45. The smallest absolute Gasteiger partial charge is 0.303 e. The van der Waals surface area contributed by atoms with Crippen molar-refractivity contribution in [3.8, 4) is 0 Å². The first kappa shape index (κ1) is 12.1. The summed E-state index contributed by atoms with van der Waals surface area (Å²) in [5, 5.41) is 17.2. The normalized spacial score (nSPS) is 10.2. The van der Waals surface area contributed by atoms with Crippen LogP contribution in [0, 0.1) is 0 Å². The zero-order valence-electron chi connectivity index (χ0n) is 8.35. The molecule has 0 fully saturated rings. The highest BCUT2D eigenvalue weighted by molar-refractivity contribution is 7.99. The second-order valence-corrected chi connectivity index (χ2v) is 4.28. The average Bonchev–Trinajstić information content (AvgIpc) is 2.25. The maximum atomic E-state index is 10.3. The van der Waals surface area contributed by atoms with Gasteiger partial charge in [0, 0.05) is 17.1 Å². The molecule has 3 nitrogen and oxygen atoms in total. The first-order valence-electron chi connectivity index (χ1n) is 4.77. The molecule has 0 saturated carbocycles. The SMILES string of the molecule is O=C(O)CCc1ccc(SCCO)cc1. The summed E-state index contributed by atoms with van der Waals surface area (Å²) >= 11 is 1.59. The molecule has 1 aromatic rings. The maximum Gasteiger partial charge on any atom is 0.303 e. The van der Waals surface area contributed by atoms with Crippen LogP contribution < -0.4 is 0 Å². The summed E-state index contributed by atoms with van der Waals surface area (Å²) in [6.07, 6.45) is 0.739. The van der Waals surface area contributed by atoms with Gasteiger partial charge in [-0.25, -0.2) is 0 Å². The van der Waals surface area contributed by atoms with E-state index >= 15 is 0 Å². The van der Waals surface area contributed by atoms with Crippen molar-refractivity contribution in [3.05, 3.63) is 29.8 Å². The monoisotopic (exact) mass is 226 g/mol. The predicted molar refractivity (Wildman–Crippen MR) is 60.2 cm³/mol. The molecular formula is C11H14O3S. The van der Waals surface area contributed by atoms with Gasteiger partial charge in [-0.3, -0.25) is 4.79 Å². The summed E-state index contributed by atoms with van der Waals surface area (Å²) in [6, 6.07) is 7.78. The van der Waals surface area contributed by atoms with Gasteiger partial charge >= 0.3 is 5.97 Å². The molecule has 4 heteroatoms. The van der Waals surface area contributed by atoms with E-state index in [4.69, 9.17) is 10.2 Å². The van der Waals surface area contributed by atoms with E-state index in [0.29, 0.717) is 12.2 Å². The molecule has 82 valence electrons. The standard InChI is InChI=1S/C11H14O3S/c12-7-8-15-10-4-1-9(2-5-10)3-6-11(13)14/h1-2,4-5,12H,3,6-8H2,(H,13,14). The number of aliphatic hydroxyl groups excluding tert-OH is 1. The van der Waals surface area contributed by atoms with Crippen LogP contribution in [-0.2, 0) is 11.2 Å². The van der Waals surface area contributed by atoms with Crippen LogP contribution in [0.5, 0.6) is 0 Å². The molecule has 0 heterocycles. The zero-order valence-corrected chi connectivity index (χ0v) is 9.17. The number of aryl methyl sites for hydroxylation is 1. The van der Waals surface area contributed by atoms with Crippen molar-refractivity contribution in [2.45, 2.75) is 17.7 Å². The van der Waals surface area contributed by atoms with Gasteiger partial charge in [-0.15, -0.1) is 11.8 Å². The lowest BCUT2D eigenvalue weighted by atomic mass is 10.1. The third-order valence-corrected chi connectivity index (χ3v) is 2.90. The molecule has 0 saturated heterocycles. The van der Waals surface area contributed by atoms with Crippen LogP contribution in [0.1, 0.15) is 12.0 Å². The fourth-order valence-corrected chi connectivity index (χ4v) is 1.82. The molecule has 0 aliphatic rings. The Bertz CT molecular complexity index is 308. The van der Waals surface area contributed by atoms with E-state index in [2.05, 4.69) is 0 Å². The molecule has 0 bridgehead atoms. The Kier molecular flexibility index (Phi) is 5.21. The minimum Gasteiger partial charge on any atom is -0.481 e. The number of aliphatic hydroxyl groups is 1. The topological polar surface area (TPSA) is 57.5 Å². The number of carboxylic acid groups (broad SMARTS) is 1. The molecule has 15 heavy (non-hydrogen) atoms. The lowest BCUT2D eigenvalue weighted by molar-refractivity contribution is -0.136. The number of aliphatic carboxylic acids is 1. The Morgan fingerprint density at radius 1 is 1.27 bits per heavy atom. The van der Waals surface area contributed by atoms with E-state index in [9.17, 15) is 4.79 Å². The predicted octanol–water partition coefficient (Wildman–Crippen LogP) is 1.79. The Labute approximate surface area is 93.1 Å². The van der Waals surface area contributed by atoms with Crippen molar-refractivity contribution in [2.24, 2.45) is 0 Å². The van der Waals surface area contributed by atoms with E-state index in [1.165, 1.54) is 0 Å². The molecule has 0 atom stereocenters. The van der Waals surface area contributed by atoms with Crippen LogP contribution in [0.25, 0.3) is 0 Å². The number of hydrogen-bond donors (Lipinski definition) is 2. The molecule has 0 amide bonds. The van der Waals surface area contributed by atoms with Crippen molar-refractivity contribution in [3.63, 3.8) is 0 Å². The van der Waals surface area contributed by atoms with Crippen molar-refractivity contribution >= 4 is 17.7 Å². The number of hydrogen-bond acceptors (Lipinski definition) is 3. The molecule has 0 spiro atoms. The van der Waals surface area contributed by atoms with E-state index in [-0.39, 0.29) is 13.0 Å². The van der Waals surface area contributed by atoms with E-state index < -0.39 is 5.97 Å². The van der Waals surface area contributed by atoms with E-state index in [0.717, 1.165) is 10.5 Å². The summed E-state index contributed by atoms with van der Waals surface area (Å²) < 4.78 is 0. The summed E-state index contributed by atoms with van der Waals surface area (Å²) in [6.45, 7) is 0.172. The maximum absolute atomic E-state index is 10.3. The second-order valence-electron chi connectivity index (χ2n) is 3.11. The molecular weight excluding hydrogens is 212 g/mol. The van der Waals surface area contributed by atoms with Gasteiger partial charge in [0.05, 0.1) is 6.61 Å². The summed E-state index contributed by atoms with van der Waals surface area (Å²) in [5.41, 5.74) is 1.03. The van der Waals surface area contributed by atoms with Crippen LogP contribution >= 0.6 is 11.8 Å².